The largest absolute Gasteiger partial charge is 0.480 e. The van der Waals surface area contributed by atoms with E-state index in [4.69, 9.17) is 0 Å². The third kappa shape index (κ3) is 3.16. The van der Waals surface area contributed by atoms with E-state index in [1.165, 1.54) is 6.20 Å². The van der Waals surface area contributed by atoms with Crippen molar-refractivity contribution in [3.8, 4) is 0 Å². The van der Waals surface area contributed by atoms with Gasteiger partial charge in [0.1, 0.15) is 11.6 Å². The molecule has 6 nitrogen and oxygen atoms in total. The van der Waals surface area contributed by atoms with Crippen molar-refractivity contribution in [2.24, 2.45) is 5.41 Å². The van der Waals surface area contributed by atoms with E-state index in [2.05, 4.69) is 15.3 Å². The first kappa shape index (κ1) is 14.9. The van der Waals surface area contributed by atoms with Crippen LogP contribution in [0.5, 0.6) is 0 Å². The summed E-state index contributed by atoms with van der Waals surface area (Å²) in [5.41, 5.74) is 0.761. The highest BCUT2D eigenvalue weighted by Gasteiger charge is 2.33. The Bertz CT molecular complexity index is 687. The molecule has 2 rings (SSSR count). The molecule has 0 spiro atoms. The van der Waals surface area contributed by atoms with E-state index < -0.39 is 23.3 Å². The van der Waals surface area contributed by atoms with Gasteiger partial charge in [0, 0.05) is 12.4 Å². The Kier molecular flexibility index (Phi) is 3.88. The number of hydrogen-bond acceptors (Lipinski definition) is 4. The Morgan fingerprint density at radius 3 is 2.48 bits per heavy atom. The predicted molar refractivity (Wildman–Crippen MR) is 77.9 cm³/mol. The highest BCUT2D eigenvalue weighted by Crippen LogP contribution is 2.21. The fourth-order valence-electron chi connectivity index (χ4n) is 2.03. The maximum absolute atomic E-state index is 12.4. The number of aromatic nitrogens is 2. The highest BCUT2D eigenvalue weighted by molar-refractivity contribution is 6.05. The first-order valence-corrected chi connectivity index (χ1v) is 6.54. The first-order valence-electron chi connectivity index (χ1n) is 6.54. The van der Waals surface area contributed by atoms with Gasteiger partial charge < -0.3 is 10.4 Å². The van der Waals surface area contributed by atoms with Crippen LogP contribution < -0.4 is 5.32 Å². The number of benzene rings is 1. The zero-order valence-corrected chi connectivity index (χ0v) is 12.1. The number of hydrogen-bond donors (Lipinski definition) is 2. The topological polar surface area (TPSA) is 92.2 Å². The van der Waals surface area contributed by atoms with Crippen molar-refractivity contribution in [2.45, 2.75) is 26.8 Å². The van der Waals surface area contributed by atoms with Crippen molar-refractivity contribution >= 4 is 22.9 Å². The second kappa shape index (κ2) is 5.47. The molecule has 1 heterocycles. The minimum Gasteiger partial charge on any atom is -0.480 e. The summed E-state index contributed by atoms with van der Waals surface area (Å²) in [4.78, 5) is 32.0. The van der Waals surface area contributed by atoms with Crippen LogP contribution >= 0.6 is 0 Å². The maximum Gasteiger partial charge on any atom is 0.326 e. The van der Waals surface area contributed by atoms with E-state index in [0.717, 1.165) is 0 Å². The Labute approximate surface area is 122 Å². The fraction of sp³-hybridized carbons (Fsp3) is 0.333. The molecule has 6 heteroatoms. The van der Waals surface area contributed by atoms with E-state index in [1.807, 2.05) is 0 Å². The lowest BCUT2D eigenvalue weighted by molar-refractivity contribution is -0.142. The summed E-state index contributed by atoms with van der Waals surface area (Å²) in [6.45, 7) is 5.28. The van der Waals surface area contributed by atoms with Crippen molar-refractivity contribution in [1.29, 1.82) is 0 Å². The normalized spacial score (nSPS) is 12.9. The molecule has 0 aliphatic heterocycles. The molecule has 0 saturated carbocycles. The zero-order chi connectivity index (χ0) is 15.6. The minimum atomic E-state index is -1.07. The molecule has 0 fully saturated rings. The Hall–Kier alpha value is -2.50. The second-order valence-corrected chi connectivity index (χ2v) is 5.84. The van der Waals surface area contributed by atoms with E-state index in [-0.39, 0.29) is 0 Å². The molecule has 1 amide bonds. The van der Waals surface area contributed by atoms with Gasteiger partial charge in [-0.15, -0.1) is 0 Å². The van der Waals surface area contributed by atoms with Gasteiger partial charge in [0.2, 0.25) is 0 Å². The van der Waals surface area contributed by atoms with Crippen molar-refractivity contribution in [2.75, 3.05) is 0 Å². The summed E-state index contributed by atoms with van der Waals surface area (Å²) in [6, 6.07) is 4.06. The molecule has 1 atom stereocenters. The average molecular weight is 287 g/mol. The lowest BCUT2D eigenvalue weighted by Gasteiger charge is -2.27. The van der Waals surface area contributed by atoms with Crippen LogP contribution in [0.2, 0.25) is 0 Å². The van der Waals surface area contributed by atoms with Crippen LogP contribution in [0.25, 0.3) is 11.0 Å². The van der Waals surface area contributed by atoms with E-state index in [9.17, 15) is 14.7 Å². The SMILES string of the molecule is CC(C)(C)[C@@H](NC(=O)c1cccc2nccnc12)C(=O)O. The number of aliphatic carboxylic acids is 1. The van der Waals surface area contributed by atoms with Crippen LogP contribution in [0.3, 0.4) is 0 Å². The number of nitrogens with zero attached hydrogens (tertiary/aromatic N) is 2. The first-order chi connectivity index (χ1) is 9.80. The summed E-state index contributed by atoms with van der Waals surface area (Å²) in [5.74, 6) is -1.54. The lowest BCUT2D eigenvalue weighted by Crippen LogP contribution is -2.49. The van der Waals surface area contributed by atoms with Gasteiger partial charge >= 0.3 is 5.97 Å². The van der Waals surface area contributed by atoms with Crippen molar-refractivity contribution in [3.63, 3.8) is 0 Å². The van der Waals surface area contributed by atoms with Gasteiger partial charge in [-0.3, -0.25) is 14.8 Å². The van der Waals surface area contributed by atoms with Crippen molar-refractivity contribution in [3.05, 3.63) is 36.2 Å². The van der Waals surface area contributed by atoms with Gasteiger partial charge in [0.05, 0.1) is 11.1 Å². The van der Waals surface area contributed by atoms with Gasteiger partial charge in [0.25, 0.3) is 5.91 Å². The highest BCUT2D eigenvalue weighted by atomic mass is 16.4. The number of amides is 1. The summed E-state index contributed by atoms with van der Waals surface area (Å²) >= 11 is 0. The molecule has 2 N–H and O–H groups in total. The van der Waals surface area contributed by atoms with E-state index in [1.54, 1.807) is 45.2 Å². The Morgan fingerprint density at radius 2 is 1.86 bits per heavy atom. The van der Waals surface area contributed by atoms with Crippen molar-refractivity contribution < 1.29 is 14.7 Å². The van der Waals surface area contributed by atoms with Crippen LogP contribution in [0, 0.1) is 5.41 Å². The minimum absolute atomic E-state index is 0.316. The van der Waals surface area contributed by atoms with Crippen LogP contribution in [0.15, 0.2) is 30.6 Å². The molecule has 2 aromatic rings. The number of fused-ring (bicyclic) bond motifs is 1. The van der Waals surface area contributed by atoms with Gasteiger partial charge in [-0.1, -0.05) is 26.8 Å². The quantitative estimate of drug-likeness (QED) is 0.899. The molecule has 0 bridgehead atoms. The van der Waals surface area contributed by atoms with Gasteiger partial charge in [-0.25, -0.2) is 4.79 Å². The molecule has 1 aromatic carbocycles. The standard InChI is InChI=1S/C15H17N3O3/c1-15(2,3)12(14(20)21)18-13(19)9-5-4-6-10-11(9)17-8-7-16-10/h4-8,12H,1-3H3,(H,18,19)(H,20,21)/t12-/m0/s1. The molecule has 0 unspecified atom stereocenters. The summed E-state index contributed by atoms with van der Waals surface area (Å²) in [7, 11) is 0. The number of carboxylic acid groups (broad SMARTS) is 1. The number of rotatable bonds is 3. The third-order valence-corrected chi connectivity index (χ3v) is 3.13. The van der Waals surface area contributed by atoms with Crippen molar-refractivity contribution in [1.82, 2.24) is 15.3 Å². The number of carbonyl (C=O) groups excluding carboxylic acids is 1. The summed E-state index contributed by atoms with van der Waals surface area (Å²) in [5, 5.41) is 11.8. The molecule has 110 valence electrons. The molecular formula is C15H17N3O3. The summed E-state index contributed by atoms with van der Waals surface area (Å²) in [6.07, 6.45) is 3.04. The van der Waals surface area contributed by atoms with Crippen LogP contribution in [0.1, 0.15) is 31.1 Å². The molecule has 1 aromatic heterocycles. The molecule has 0 saturated heterocycles. The molecule has 0 aliphatic carbocycles. The maximum atomic E-state index is 12.4. The number of carboxylic acids is 1. The van der Waals surface area contributed by atoms with E-state index >= 15 is 0 Å². The Morgan fingerprint density at radius 1 is 1.19 bits per heavy atom. The molecular weight excluding hydrogens is 270 g/mol. The smallest absolute Gasteiger partial charge is 0.326 e. The van der Waals surface area contributed by atoms with Gasteiger partial charge in [0.15, 0.2) is 0 Å². The van der Waals surface area contributed by atoms with Crippen LogP contribution in [0.4, 0.5) is 0 Å². The lowest BCUT2D eigenvalue weighted by atomic mass is 9.86. The third-order valence-electron chi connectivity index (χ3n) is 3.13. The molecule has 0 aliphatic rings. The van der Waals surface area contributed by atoms with Gasteiger partial charge in [-0.2, -0.15) is 0 Å². The monoisotopic (exact) mass is 287 g/mol. The molecule has 0 radical (unpaired) electrons. The van der Waals surface area contributed by atoms with E-state index in [0.29, 0.717) is 16.6 Å². The Balaban J connectivity index is 2.37. The van der Waals surface area contributed by atoms with Gasteiger partial charge in [-0.05, 0) is 17.5 Å². The number of nitrogens with one attached hydrogen (secondary N) is 1. The number of para-hydroxylation sites is 1. The molecule has 21 heavy (non-hydrogen) atoms. The number of carbonyl (C=O) groups is 2. The summed E-state index contributed by atoms with van der Waals surface area (Å²) < 4.78 is 0. The second-order valence-electron chi connectivity index (χ2n) is 5.84. The fourth-order valence-corrected chi connectivity index (χ4v) is 2.03. The zero-order valence-electron chi connectivity index (χ0n) is 12.1. The van der Waals surface area contributed by atoms with Crippen LogP contribution in [-0.2, 0) is 4.79 Å². The predicted octanol–water partition coefficient (Wildman–Crippen LogP) is 1.86. The van der Waals surface area contributed by atoms with Crippen LogP contribution in [-0.4, -0.2) is 33.0 Å². The average Bonchev–Trinajstić information content (AvgIpc) is 2.42.